The SMILES string of the molecule is CN(Cc1ccc(Cl)cc1)C(=O)C1(C)CCN1C(=O)Cc1ccc(-c2cccc(I)c2)cc1. The van der Waals surface area contributed by atoms with Gasteiger partial charge in [0.15, 0.2) is 0 Å². The predicted octanol–water partition coefficient (Wildman–Crippen LogP) is 5.80. The number of likely N-dealkylation sites (tertiary alicyclic amines) is 1. The van der Waals surface area contributed by atoms with Gasteiger partial charge in [-0.3, -0.25) is 9.59 Å². The summed E-state index contributed by atoms with van der Waals surface area (Å²) in [5.74, 6) is -0.0509. The van der Waals surface area contributed by atoms with E-state index in [0.29, 0.717) is 24.5 Å². The van der Waals surface area contributed by atoms with Crippen LogP contribution in [0.2, 0.25) is 5.02 Å². The summed E-state index contributed by atoms with van der Waals surface area (Å²) in [7, 11) is 1.78. The van der Waals surface area contributed by atoms with Crippen molar-refractivity contribution in [3.8, 4) is 11.1 Å². The summed E-state index contributed by atoms with van der Waals surface area (Å²) in [6.07, 6.45) is 0.963. The second-order valence-electron chi connectivity index (χ2n) is 8.74. The van der Waals surface area contributed by atoms with Crippen LogP contribution in [0.25, 0.3) is 11.1 Å². The smallest absolute Gasteiger partial charge is 0.248 e. The second kappa shape index (κ2) is 9.85. The van der Waals surface area contributed by atoms with Gasteiger partial charge >= 0.3 is 0 Å². The Kier molecular flexibility index (Phi) is 7.10. The lowest BCUT2D eigenvalue weighted by atomic mass is 9.84. The summed E-state index contributed by atoms with van der Waals surface area (Å²) >= 11 is 8.26. The van der Waals surface area contributed by atoms with E-state index < -0.39 is 5.54 Å². The van der Waals surface area contributed by atoms with Gasteiger partial charge < -0.3 is 9.80 Å². The van der Waals surface area contributed by atoms with E-state index in [1.807, 2.05) is 61.5 Å². The van der Waals surface area contributed by atoms with Crippen LogP contribution in [-0.4, -0.2) is 40.7 Å². The molecular weight excluding hydrogens is 547 g/mol. The van der Waals surface area contributed by atoms with Crippen molar-refractivity contribution >= 4 is 46.0 Å². The fourth-order valence-electron chi connectivity index (χ4n) is 4.28. The topological polar surface area (TPSA) is 40.6 Å². The molecule has 1 aliphatic rings. The first-order chi connectivity index (χ1) is 15.8. The molecule has 2 amide bonds. The van der Waals surface area contributed by atoms with Crippen LogP contribution in [-0.2, 0) is 22.6 Å². The van der Waals surface area contributed by atoms with Crippen LogP contribution in [0.5, 0.6) is 0 Å². The zero-order valence-electron chi connectivity index (χ0n) is 18.7. The highest BCUT2D eigenvalue weighted by atomic mass is 127. The van der Waals surface area contributed by atoms with Gasteiger partial charge in [-0.2, -0.15) is 0 Å². The van der Waals surface area contributed by atoms with E-state index >= 15 is 0 Å². The molecule has 0 bridgehead atoms. The van der Waals surface area contributed by atoms with Gasteiger partial charge in [0.05, 0.1) is 6.42 Å². The number of carbonyl (C=O) groups is 2. The van der Waals surface area contributed by atoms with Gasteiger partial charge in [-0.15, -0.1) is 0 Å². The van der Waals surface area contributed by atoms with Crippen molar-refractivity contribution in [3.63, 3.8) is 0 Å². The van der Waals surface area contributed by atoms with Crippen molar-refractivity contribution < 1.29 is 9.59 Å². The molecule has 1 unspecified atom stereocenters. The lowest BCUT2D eigenvalue weighted by Gasteiger charge is -2.50. The molecule has 1 aliphatic heterocycles. The molecular formula is C27H26ClIN2O2. The van der Waals surface area contributed by atoms with E-state index in [1.165, 1.54) is 3.57 Å². The Morgan fingerprint density at radius 2 is 1.67 bits per heavy atom. The molecule has 1 atom stereocenters. The molecule has 0 spiro atoms. The summed E-state index contributed by atoms with van der Waals surface area (Å²) in [6, 6.07) is 23.9. The van der Waals surface area contributed by atoms with Crippen molar-refractivity contribution in [3.05, 3.63) is 92.5 Å². The molecule has 0 saturated carbocycles. The van der Waals surface area contributed by atoms with Crippen molar-refractivity contribution in [1.82, 2.24) is 9.80 Å². The number of rotatable bonds is 6. The van der Waals surface area contributed by atoms with Gasteiger partial charge in [0.2, 0.25) is 11.8 Å². The molecule has 1 fully saturated rings. The zero-order chi connectivity index (χ0) is 23.6. The molecule has 3 aromatic rings. The maximum atomic E-state index is 13.2. The number of benzene rings is 3. The molecule has 33 heavy (non-hydrogen) atoms. The lowest BCUT2D eigenvalue weighted by Crippen LogP contribution is -2.67. The Bertz CT molecular complexity index is 1160. The van der Waals surface area contributed by atoms with Crippen LogP contribution in [0.3, 0.4) is 0 Å². The highest BCUT2D eigenvalue weighted by Crippen LogP contribution is 2.33. The Morgan fingerprint density at radius 1 is 1.00 bits per heavy atom. The van der Waals surface area contributed by atoms with Crippen LogP contribution in [0.4, 0.5) is 0 Å². The number of hydrogen-bond donors (Lipinski definition) is 0. The third-order valence-corrected chi connectivity index (χ3v) is 7.25. The van der Waals surface area contributed by atoms with Crippen molar-refractivity contribution in [2.45, 2.75) is 31.8 Å². The number of carbonyl (C=O) groups excluding carboxylic acids is 2. The van der Waals surface area contributed by atoms with E-state index in [2.05, 4.69) is 40.8 Å². The quantitative estimate of drug-likeness (QED) is 0.350. The fourth-order valence-corrected chi connectivity index (χ4v) is 4.95. The summed E-state index contributed by atoms with van der Waals surface area (Å²) in [5.41, 5.74) is 3.44. The third-order valence-electron chi connectivity index (χ3n) is 6.33. The molecule has 0 N–H and O–H groups in total. The minimum Gasteiger partial charge on any atom is -0.339 e. The summed E-state index contributed by atoms with van der Waals surface area (Å²) in [6.45, 7) is 2.96. The van der Waals surface area contributed by atoms with E-state index in [-0.39, 0.29) is 18.2 Å². The van der Waals surface area contributed by atoms with Gasteiger partial charge in [0.1, 0.15) is 5.54 Å². The first kappa shape index (κ1) is 23.8. The highest BCUT2D eigenvalue weighted by Gasteiger charge is 2.50. The zero-order valence-corrected chi connectivity index (χ0v) is 21.6. The van der Waals surface area contributed by atoms with Crippen molar-refractivity contribution in [1.29, 1.82) is 0 Å². The molecule has 0 aliphatic carbocycles. The van der Waals surface area contributed by atoms with Crippen LogP contribution >= 0.6 is 34.2 Å². The molecule has 4 nitrogen and oxygen atoms in total. The second-order valence-corrected chi connectivity index (χ2v) is 10.4. The predicted molar refractivity (Wildman–Crippen MR) is 141 cm³/mol. The molecule has 3 aromatic carbocycles. The third kappa shape index (κ3) is 5.25. The first-order valence-corrected chi connectivity index (χ1v) is 12.4. The number of likely N-dealkylation sites (N-methyl/N-ethyl adjacent to an activating group) is 1. The molecule has 0 aromatic heterocycles. The van der Waals surface area contributed by atoms with Gasteiger partial charge in [0.25, 0.3) is 0 Å². The maximum Gasteiger partial charge on any atom is 0.248 e. The van der Waals surface area contributed by atoms with Crippen LogP contribution in [0.1, 0.15) is 24.5 Å². The average molecular weight is 573 g/mol. The normalized spacial score (nSPS) is 17.4. The number of halogens is 2. The van der Waals surface area contributed by atoms with Crippen LogP contribution < -0.4 is 0 Å². The first-order valence-electron chi connectivity index (χ1n) is 10.9. The molecule has 4 rings (SSSR count). The number of nitrogens with zero attached hydrogens (tertiary/aromatic N) is 2. The Hall–Kier alpha value is -2.38. The van der Waals surface area contributed by atoms with E-state index in [4.69, 9.17) is 11.6 Å². The summed E-state index contributed by atoms with van der Waals surface area (Å²) in [5, 5.41) is 0.669. The van der Waals surface area contributed by atoms with Crippen molar-refractivity contribution in [2.24, 2.45) is 0 Å². The minimum atomic E-state index is -0.793. The molecule has 0 radical (unpaired) electrons. The maximum absolute atomic E-state index is 13.2. The average Bonchev–Trinajstić information content (AvgIpc) is 2.79. The standard InChI is InChI=1S/C27H26ClIN2O2/c1-27(26(33)30(2)18-20-8-12-23(28)13-9-20)14-15-31(27)25(32)16-19-6-10-21(11-7-19)22-4-3-5-24(29)17-22/h3-13,17H,14-16,18H2,1-2H3. The summed E-state index contributed by atoms with van der Waals surface area (Å²) in [4.78, 5) is 29.7. The molecule has 170 valence electrons. The summed E-state index contributed by atoms with van der Waals surface area (Å²) < 4.78 is 1.19. The Balaban J connectivity index is 1.40. The van der Waals surface area contributed by atoms with Gasteiger partial charge in [-0.1, -0.05) is 60.1 Å². The van der Waals surface area contributed by atoms with Gasteiger partial charge in [-0.25, -0.2) is 0 Å². The van der Waals surface area contributed by atoms with Crippen LogP contribution in [0.15, 0.2) is 72.8 Å². The largest absolute Gasteiger partial charge is 0.339 e. The Labute approximate surface area is 213 Å². The van der Waals surface area contributed by atoms with E-state index in [0.717, 1.165) is 22.3 Å². The van der Waals surface area contributed by atoms with Gasteiger partial charge in [-0.05, 0) is 82.5 Å². The van der Waals surface area contributed by atoms with Gasteiger partial charge in [0, 0.05) is 28.7 Å². The van der Waals surface area contributed by atoms with E-state index in [1.54, 1.807) is 16.8 Å². The molecule has 1 heterocycles. The molecule has 1 saturated heterocycles. The number of hydrogen-bond acceptors (Lipinski definition) is 2. The monoisotopic (exact) mass is 572 g/mol. The Morgan fingerprint density at radius 3 is 2.27 bits per heavy atom. The fraction of sp³-hybridized carbons (Fsp3) is 0.259. The highest BCUT2D eigenvalue weighted by molar-refractivity contribution is 14.1. The minimum absolute atomic E-state index is 0.0148. The molecule has 6 heteroatoms. The van der Waals surface area contributed by atoms with E-state index in [9.17, 15) is 9.59 Å². The van der Waals surface area contributed by atoms with Crippen molar-refractivity contribution in [2.75, 3.05) is 13.6 Å². The lowest BCUT2D eigenvalue weighted by molar-refractivity contribution is -0.163. The van der Waals surface area contributed by atoms with Crippen LogP contribution in [0, 0.1) is 3.57 Å². The number of amides is 2.